The van der Waals surface area contributed by atoms with E-state index < -0.39 is 0 Å². The summed E-state index contributed by atoms with van der Waals surface area (Å²) in [5.74, 6) is 0.851. The number of amides is 1. The molecule has 0 atom stereocenters. The highest BCUT2D eigenvalue weighted by Gasteiger charge is 2.28. The third-order valence-corrected chi connectivity index (χ3v) is 6.13. The lowest BCUT2D eigenvalue weighted by atomic mass is 9.96. The number of methoxy groups -OCH3 is 1. The van der Waals surface area contributed by atoms with E-state index in [1.807, 2.05) is 11.0 Å². The minimum Gasteiger partial charge on any atom is -0.504 e. The molecule has 3 rings (SSSR count). The highest BCUT2D eigenvalue weighted by molar-refractivity contribution is 7.80. The summed E-state index contributed by atoms with van der Waals surface area (Å²) in [5.41, 5.74) is 0.991. The number of benzene rings is 1. The number of phenolic OH excluding ortho intramolecular Hbond substituents is 1. The Morgan fingerprint density at radius 3 is 2.61 bits per heavy atom. The van der Waals surface area contributed by atoms with E-state index in [0.717, 1.165) is 49.1 Å². The number of piperidine rings is 1. The molecule has 154 valence electrons. The van der Waals surface area contributed by atoms with Gasteiger partial charge in [0, 0.05) is 25.6 Å². The van der Waals surface area contributed by atoms with Crippen molar-refractivity contribution in [3.8, 4) is 11.5 Å². The van der Waals surface area contributed by atoms with Crippen LogP contribution in [0.3, 0.4) is 0 Å². The summed E-state index contributed by atoms with van der Waals surface area (Å²) in [5, 5.41) is 13.0. The van der Waals surface area contributed by atoms with Gasteiger partial charge in [0.15, 0.2) is 11.5 Å². The number of carbonyl (C=O) groups excluding carboxylic acids is 1. The van der Waals surface area contributed by atoms with Crippen molar-refractivity contribution in [3.05, 3.63) is 23.8 Å². The first kappa shape index (κ1) is 20.7. The number of aromatic hydroxyl groups is 1. The number of carbonyl (C=O) groups is 1. The molecule has 1 saturated carbocycles. The van der Waals surface area contributed by atoms with E-state index >= 15 is 0 Å². The van der Waals surface area contributed by atoms with E-state index in [1.165, 1.54) is 13.5 Å². The smallest absolute Gasteiger partial charge is 0.410 e. The minimum absolute atomic E-state index is 0.101. The first-order valence-electron chi connectivity index (χ1n) is 10.2. The zero-order valence-corrected chi connectivity index (χ0v) is 17.3. The van der Waals surface area contributed by atoms with Gasteiger partial charge in [0.05, 0.1) is 12.1 Å². The summed E-state index contributed by atoms with van der Waals surface area (Å²) < 4.78 is 10.8. The van der Waals surface area contributed by atoms with Crippen LogP contribution >= 0.6 is 12.2 Å². The van der Waals surface area contributed by atoms with Crippen molar-refractivity contribution in [2.24, 2.45) is 5.92 Å². The number of rotatable bonds is 5. The molecular formula is C21H30N2O4S. The molecule has 0 radical (unpaired) electrons. The van der Waals surface area contributed by atoms with Crippen LogP contribution in [0, 0.1) is 5.92 Å². The molecule has 2 N–H and O–H groups in total. The Kier molecular flexibility index (Phi) is 7.36. The molecule has 1 aliphatic heterocycles. The zero-order chi connectivity index (χ0) is 19.9. The normalized spacial score (nSPS) is 18.5. The molecule has 0 bridgehead atoms. The maximum Gasteiger partial charge on any atom is 0.410 e. The van der Waals surface area contributed by atoms with Gasteiger partial charge in [0.25, 0.3) is 0 Å². The van der Waals surface area contributed by atoms with Gasteiger partial charge in [-0.05, 0) is 56.2 Å². The minimum atomic E-state index is -0.166. The van der Waals surface area contributed by atoms with Crippen molar-refractivity contribution < 1.29 is 19.4 Å². The number of nitrogens with zero attached hydrogens (tertiary/aromatic N) is 1. The fourth-order valence-electron chi connectivity index (χ4n) is 3.89. The van der Waals surface area contributed by atoms with Crippen molar-refractivity contribution in [2.45, 2.75) is 57.6 Å². The Bertz CT molecular complexity index is 683. The summed E-state index contributed by atoms with van der Waals surface area (Å²) in [6.07, 6.45) is 7.20. The number of thiocarbonyl (C=S) groups is 1. The topological polar surface area (TPSA) is 71.0 Å². The zero-order valence-electron chi connectivity index (χ0n) is 16.5. The lowest BCUT2D eigenvalue weighted by molar-refractivity contribution is 0.0401. The van der Waals surface area contributed by atoms with Crippen LogP contribution in [0.5, 0.6) is 11.5 Å². The lowest BCUT2D eigenvalue weighted by Crippen LogP contribution is -2.43. The van der Waals surface area contributed by atoms with Crippen LogP contribution in [0.25, 0.3) is 0 Å². The Morgan fingerprint density at radius 2 is 1.93 bits per heavy atom. The van der Waals surface area contributed by atoms with Crippen LogP contribution in [-0.2, 0) is 11.3 Å². The number of ether oxygens (including phenoxy) is 2. The van der Waals surface area contributed by atoms with E-state index in [4.69, 9.17) is 21.7 Å². The molecule has 2 aliphatic rings. The van der Waals surface area contributed by atoms with Crippen molar-refractivity contribution in [2.75, 3.05) is 20.2 Å². The Labute approximate surface area is 172 Å². The molecule has 1 amide bonds. The lowest BCUT2D eigenvalue weighted by Gasteiger charge is -2.33. The Balaban J connectivity index is 1.41. The first-order chi connectivity index (χ1) is 13.6. The molecule has 2 fully saturated rings. The fourth-order valence-corrected chi connectivity index (χ4v) is 4.20. The van der Waals surface area contributed by atoms with E-state index in [9.17, 15) is 9.90 Å². The third-order valence-electron chi connectivity index (χ3n) is 5.65. The Hall–Kier alpha value is -2.02. The molecule has 0 aromatic heterocycles. The molecule has 28 heavy (non-hydrogen) atoms. The molecule has 1 aromatic rings. The van der Waals surface area contributed by atoms with Crippen LogP contribution in [0.2, 0.25) is 0 Å². The van der Waals surface area contributed by atoms with Gasteiger partial charge in [-0.1, -0.05) is 24.7 Å². The second-order valence-corrected chi connectivity index (χ2v) is 8.07. The third kappa shape index (κ3) is 5.50. The van der Waals surface area contributed by atoms with E-state index in [2.05, 4.69) is 5.32 Å². The van der Waals surface area contributed by atoms with Crippen molar-refractivity contribution in [1.29, 1.82) is 0 Å². The summed E-state index contributed by atoms with van der Waals surface area (Å²) in [4.78, 5) is 15.0. The summed E-state index contributed by atoms with van der Waals surface area (Å²) in [7, 11) is 1.53. The largest absolute Gasteiger partial charge is 0.504 e. The predicted molar refractivity (Wildman–Crippen MR) is 112 cm³/mol. The molecular weight excluding hydrogens is 376 g/mol. The van der Waals surface area contributed by atoms with Crippen LogP contribution < -0.4 is 10.1 Å². The maximum atomic E-state index is 12.4. The quantitative estimate of drug-likeness (QED) is 0.721. The first-order valence-corrected chi connectivity index (χ1v) is 10.6. The summed E-state index contributed by atoms with van der Waals surface area (Å²) in [6.45, 7) is 1.95. The Morgan fingerprint density at radius 1 is 1.21 bits per heavy atom. The molecule has 1 heterocycles. The predicted octanol–water partition coefficient (Wildman–Crippen LogP) is 4.00. The SMILES string of the molecule is COc1cc(CNC(=S)C2CCN(C(=O)OC3CCCCC3)CC2)ccc1O. The van der Waals surface area contributed by atoms with Gasteiger partial charge in [-0.3, -0.25) is 0 Å². The molecule has 6 nitrogen and oxygen atoms in total. The maximum absolute atomic E-state index is 12.4. The number of phenols is 1. The van der Waals surface area contributed by atoms with E-state index in [-0.39, 0.29) is 23.9 Å². The van der Waals surface area contributed by atoms with Gasteiger partial charge in [-0.2, -0.15) is 0 Å². The summed E-state index contributed by atoms with van der Waals surface area (Å²) in [6, 6.07) is 5.27. The van der Waals surface area contributed by atoms with Gasteiger partial charge in [0.1, 0.15) is 6.10 Å². The molecule has 1 aromatic carbocycles. The second kappa shape index (κ2) is 9.96. The van der Waals surface area contributed by atoms with E-state index in [0.29, 0.717) is 25.4 Å². The average molecular weight is 407 g/mol. The molecule has 0 unspecified atom stereocenters. The van der Waals surface area contributed by atoms with Crippen LogP contribution in [-0.4, -0.2) is 47.4 Å². The van der Waals surface area contributed by atoms with Crippen molar-refractivity contribution in [3.63, 3.8) is 0 Å². The van der Waals surface area contributed by atoms with Gasteiger partial charge in [-0.15, -0.1) is 0 Å². The van der Waals surface area contributed by atoms with Crippen molar-refractivity contribution in [1.82, 2.24) is 10.2 Å². The standard InChI is InChI=1S/C21H30N2O4S/c1-26-19-13-15(7-8-18(19)24)14-22-20(28)16-9-11-23(12-10-16)21(25)27-17-5-3-2-4-6-17/h7-8,13,16-17,24H,2-6,9-12,14H2,1H3,(H,22,28). The van der Waals surface area contributed by atoms with Gasteiger partial charge in [-0.25, -0.2) is 4.79 Å². The average Bonchev–Trinajstić information content (AvgIpc) is 2.73. The number of nitrogens with one attached hydrogen (secondary N) is 1. The van der Waals surface area contributed by atoms with Gasteiger partial charge in [0.2, 0.25) is 0 Å². The number of hydrogen-bond donors (Lipinski definition) is 2. The van der Waals surface area contributed by atoms with Crippen LogP contribution in [0.1, 0.15) is 50.5 Å². The van der Waals surface area contributed by atoms with Crippen LogP contribution in [0.15, 0.2) is 18.2 Å². The molecule has 1 aliphatic carbocycles. The second-order valence-electron chi connectivity index (χ2n) is 7.63. The van der Waals surface area contributed by atoms with Gasteiger partial charge >= 0.3 is 6.09 Å². The van der Waals surface area contributed by atoms with Crippen LogP contribution in [0.4, 0.5) is 4.79 Å². The van der Waals surface area contributed by atoms with Crippen molar-refractivity contribution >= 4 is 23.3 Å². The van der Waals surface area contributed by atoms with Gasteiger partial charge < -0.3 is 24.8 Å². The number of likely N-dealkylation sites (tertiary alicyclic amines) is 1. The fraction of sp³-hybridized carbons (Fsp3) is 0.619. The number of hydrogen-bond acceptors (Lipinski definition) is 5. The molecule has 7 heteroatoms. The monoisotopic (exact) mass is 406 g/mol. The van der Waals surface area contributed by atoms with E-state index in [1.54, 1.807) is 12.1 Å². The highest BCUT2D eigenvalue weighted by atomic mass is 32.1. The highest BCUT2D eigenvalue weighted by Crippen LogP contribution is 2.27. The molecule has 0 spiro atoms. The summed E-state index contributed by atoms with van der Waals surface area (Å²) >= 11 is 5.57. The molecule has 1 saturated heterocycles.